The van der Waals surface area contributed by atoms with Crippen molar-refractivity contribution >= 4 is 29.3 Å². The molecule has 0 bridgehead atoms. The summed E-state index contributed by atoms with van der Waals surface area (Å²) in [5.74, 6) is 5.74. The van der Waals surface area contributed by atoms with E-state index < -0.39 is 0 Å². The van der Waals surface area contributed by atoms with Gasteiger partial charge in [0.2, 0.25) is 5.91 Å². The quantitative estimate of drug-likeness (QED) is 0.270. The molecule has 6 heteroatoms. The second-order valence-corrected chi connectivity index (χ2v) is 4.65. The average Bonchev–Trinajstić information content (AvgIpc) is 2.30. The van der Waals surface area contributed by atoms with Crippen LogP contribution in [0.1, 0.15) is 19.3 Å². The third kappa shape index (κ3) is 4.83. The summed E-state index contributed by atoms with van der Waals surface area (Å²) in [5, 5.41) is 1.51. The third-order valence-electron chi connectivity index (χ3n) is 1.92. The summed E-state index contributed by atoms with van der Waals surface area (Å²) in [5.41, 5.74) is 2.10. The summed E-state index contributed by atoms with van der Waals surface area (Å²) >= 11 is 7.55. The molecule has 0 aliphatic carbocycles. The molecule has 0 atom stereocenters. The molecular weight excluding hydrogens is 246 g/mol. The highest BCUT2D eigenvalue weighted by molar-refractivity contribution is 7.99. The summed E-state index contributed by atoms with van der Waals surface area (Å²) in [6.45, 7) is 0. The Balaban J connectivity index is 2.17. The number of hydrazine groups is 1. The first-order valence-corrected chi connectivity index (χ1v) is 6.33. The van der Waals surface area contributed by atoms with Gasteiger partial charge in [0.25, 0.3) is 0 Å². The lowest BCUT2D eigenvalue weighted by molar-refractivity contribution is -0.121. The van der Waals surface area contributed by atoms with E-state index in [1.165, 1.54) is 0 Å². The highest BCUT2D eigenvalue weighted by atomic mass is 35.5. The lowest BCUT2D eigenvalue weighted by Gasteiger charge is -2.02. The van der Waals surface area contributed by atoms with Crippen molar-refractivity contribution in [2.24, 2.45) is 5.84 Å². The molecule has 3 N–H and O–H groups in total. The fourth-order valence-electron chi connectivity index (χ4n) is 1.11. The van der Waals surface area contributed by atoms with Crippen LogP contribution in [0.15, 0.2) is 23.4 Å². The first kappa shape index (κ1) is 13.3. The van der Waals surface area contributed by atoms with E-state index in [0.717, 1.165) is 23.6 Å². The zero-order chi connectivity index (χ0) is 11.8. The monoisotopic (exact) mass is 259 g/mol. The van der Waals surface area contributed by atoms with Gasteiger partial charge in [-0.1, -0.05) is 11.6 Å². The van der Waals surface area contributed by atoms with Gasteiger partial charge in [-0.15, -0.1) is 11.8 Å². The molecule has 1 amide bonds. The zero-order valence-corrected chi connectivity index (χ0v) is 10.4. The third-order valence-corrected chi connectivity index (χ3v) is 3.43. The van der Waals surface area contributed by atoms with Crippen molar-refractivity contribution in [1.82, 2.24) is 10.4 Å². The van der Waals surface area contributed by atoms with Crippen molar-refractivity contribution in [3.05, 3.63) is 23.4 Å². The van der Waals surface area contributed by atoms with Gasteiger partial charge in [0.15, 0.2) is 0 Å². The van der Waals surface area contributed by atoms with Crippen LogP contribution in [0.2, 0.25) is 5.02 Å². The van der Waals surface area contributed by atoms with Gasteiger partial charge >= 0.3 is 0 Å². The number of thioether (sulfide) groups is 1. The Morgan fingerprint density at radius 2 is 2.38 bits per heavy atom. The number of amides is 1. The van der Waals surface area contributed by atoms with Crippen molar-refractivity contribution < 1.29 is 4.79 Å². The highest BCUT2D eigenvalue weighted by Gasteiger charge is 2.02. The number of halogens is 1. The Labute approximate surface area is 104 Å². The fourth-order valence-corrected chi connectivity index (χ4v) is 2.27. The number of nitrogens with two attached hydrogens (primary N) is 1. The zero-order valence-electron chi connectivity index (χ0n) is 8.78. The van der Waals surface area contributed by atoms with Crippen molar-refractivity contribution in [2.75, 3.05) is 5.75 Å². The van der Waals surface area contributed by atoms with Crippen LogP contribution >= 0.6 is 23.4 Å². The first-order valence-electron chi connectivity index (χ1n) is 4.97. The molecule has 0 spiro atoms. The van der Waals surface area contributed by atoms with E-state index in [2.05, 4.69) is 10.4 Å². The van der Waals surface area contributed by atoms with E-state index in [0.29, 0.717) is 11.4 Å². The van der Waals surface area contributed by atoms with Crippen LogP contribution in [0.5, 0.6) is 0 Å². The fraction of sp³-hybridized carbons (Fsp3) is 0.400. The molecule has 16 heavy (non-hydrogen) atoms. The number of unbranched alkanes of at least 4 members (excludes halogenated alkanes) is 1. The number of aromatic nitrogens is 1. The van der Waals surface area contributed by atoms with Crippen LogP contribution in [-0.2, 0) is 4.79 Å². The number of hydrogen-bond acceptors (Lipinski definition) is 4. The number of nitrogens with zero attached hydrogens (tertiary/aromatic N) is 1. The maximum absolute atomic E-state index is 10.8. The van der Waals surface area contributed by atoms with E-state index in [1.54, 1.807) is 24.0 Å². The highest BCUT2D eigenvalue weighted by Crippen LogP contribution is 2.24. The van der Waals surface area contributed by atoms with Gasteiger partial charge in [-0.3, -0.25) is 10.2 Å². The Morgan fingerprint density at radius 1 is 1.56 bits per heavy atom. The van der Waals surface area contributed by atoms with Gasteiger partial charge in [-0.05, 0) is 30.7 Å². The molecule has 4 nitrogen and oxygen atoms in total. The molecule has 0 saturated heterocycles. The summed E-state index contributed by atoms with van der Waals surface area (Å²) in [4.78, 5) is 15.0. The van der Waals surface area contributed by atoms with Crippen LogP contribution in [-0.4, -0.2) is 16.6 Å². The number of rotatable bonds is 6. The molecule has 0 aromatic carbocycles. The summed E-state index contributed by atoms with van der Waals surface area (Å²) < 4.78 is 0. The Morgan fingerprint density at radius 3 is 3.06 bits per heavy atom. The van der Waals surface area contributed by atoms with Gasteiger partial charge in [0, 0.05) is 12.6 Å². The second-order valence-electron chi connectivity index (χ2n) is 3.16. The molecule has 1 aromatic rings. The van der Waals surface area contributed by atoms with Gasteiger partial charge < -0.3 is 0 Å². The van der Waals surface area contributed by atoms with E-state index in [-0.39, 0.29) is 5.91 Å². The second kappa shape index (κ2) is 7.49. The van der Waals surface area contributed by atoms with Crippen LogP contribution in [0.3, 0.4) is 0 Å². The minimum atomic E-state index is -0.124. The van der Waals surface area contributed by atoms with Crippen molar-refractivity contribution in [1.29, 1.82) is 0 Å². The summed E-state index contributed by atoms with van der Waals surface area (Å²) in [6, 6.07) is 3.62. The van der Waals surface area contributed by atoms with Crippen molar-refractivity contribution in [2.45, 2.75) is 24.3 Å². The average molecular weight is 260 g/mol. The predicted octanol–water partition coefficient (Wildman–Crippen LogP) is 1.99. The van der Waals surface area contributed by atoms with Crippen LogP contribution in [0.25, 0.3) is 0 Å². The number of carbonyl (C=O) groups excluding carboxylic acids is 1. The largest absolute Gasteiger partial charge is 0.294 e. The van der Waals surface area contributed by atoms with E-state index in [9.17, 15) is 4.79 Å². The lowest BCUT2D eigenvalue weighted by atomic mass is 10.2. The smallest absolute Gasteiger partial charge is 0.233 e. The molecule has 0 aliphatic rings. The molecule has 0 saturated carbocycles. The topological polar surface area (TPSA) is 68.0 Å². The van der Waals surface area contributed by atoms with Crippen molar-refractivity contribution in [3.63, 3.8) is 0 Å². The minimum absolute atomic E-state index is 0.124. The Bertz CT molecular complexity index is 349. The first-order chi connectivity index (χ1) is 7.74. The molecule has 0 radical (unpaired) electrons. The molecule has 0 aliphatic heterocycles. The van der Waals surface area contributed by atoms with Gasteiger partial charge in [-0.25, -0.2) is 10.8 Å². The van der Waals surface area contributed by atoms with E-state index >= 15 is 0 Å². The normalized spacial score (nSPS) is 10.1. The maximum Gasteiger partial charge on any atom is 0.233 e. The van der Waals surface area contributed by atoms with Crippen LogP contribution < -0.4 is 11.3 Å². The Hall–Kier alpha value is -0.780. The number of nitrogens with one attached hydrogen (secondary N) is 1. The molecule has 1 heterocycles. The van der Waals surface area contributed by atoms with Crippen LogP contribution in [0.4, 0.5) is 0 Å². The molecule has 0 fully saturated rings. The molecule has 1 aromatic heterocycles. The number of carbonyl (C=O) groups is 1. The predicted molar refractivity (Wildman–Crippen MR) is 66.2 cm³/mol. The van der Waals surface area contributed by atoms with Crippen molar-refractivity contribution in [3.8, 4) is 0 Å². The molecule has 0 unspecified atom stereocenters. The summed E-state index contributed by atoms with van der Waals surface area (Å²) in [7, 11) is 0. The SMILES string of the molecule is NNC(=O)CCCCSc1ncccc1Cl. The number of hydrogen-bond donors (Lipinski definition) is 2. The minimum Gasteiger partial charge on any atom is -0.294 e. The maximum atomic E-state index is 10.8. The molecule has 88 valence electrons. The van der Waals surface area contributed by atoms with E-state index in [1.807, 2.05) is 6.07 Å². The molecule has 1 rings (SSSR count). The number of pyridine rings is 1. The van der Waals surface area contributed by atoms with Crippen LogP contribution in [0, 0.1) is 0 Å². The summed E-state index contributed by atoms with van der Waals surface area (Å²) in [6.07, 6.45) is 3.94. The van der Waals surface area contributed by atoms with E-state index in [4.69, 9.17) is 17.4 Å². The Kier molecular flexibility index (Phi) is 6.22. The van der Waals surface area contributed by atoms with Gasteiger partial charge in [-0.2, -0.15) is 0 Å². The lowest BCUT2D eigenvalue weighted by Crippen LogP contribution is -2.29. The standard InChI is InChI=1S/C10H14ClN3OS/c11-8-4-3-6-13-10(8)16-7-2-1-5-9(15)14-12/h3-4,6H,1-2,5,7,12H2,(H,14,15). The van der Waals surface area contributed by atoms with Gasteiger partial charge in [0.05, 0.1) is 5.02 Å². The molecular formula is C10H14ClN3OS. The van der Waals surface area contributed by atoms with Gasteiger partial charge in [0.1, 0.15) is 5.03 Å².